The summed E-state index contributed by atoms with van der Waals surface area (Å²) < 4.78 is 132. The van der Waals surface area contributed by atoms with Crippen LogP contribution in [0.2, 0.25) is 0 Å². The number of aliphatic hydroxyl groups is 1. The Bertz CT molecular complexity index is 2150. The molecule has 26 heteroatoms. The molecule has 3 rings (SSSR count). The van der Waals surface area contributed by atoms with Crippen LogP contribution in [0.1, 0.15) is 72.4 Å². The molecule has 17 nitrogen and oxygen atoms in total. The van der Waals surface area contributed by atoms with Crippen LogP contribution < -0.4 is 31.6 Å². The van der Waals surface area contributed by atoms with E-state index in [9.17, 15) is 78.2 Å². The minimum absolute atomic E-state index is 0.00473. The number of amides is 2. The van der Waals surface area contributed by atoms with Gasteiger partial charge in [0.05, 0.1) is 47.5 Å². The molecule has 0 saturated heterocycles. The summed E-state index contributed by atoms with van der Waals surface area (Å²) in [7, 11) is 0. The number of carbonyl (C=O) groups excluding carboxylic acids is 7. The van der Waals surface area contributed by atoms with E-state index < -0.39 is 139 Å². The minimum Gasteiger partial charge on any atom is -0.457 e. The average Bonchev–Trinajstić information content (AvgIpc) is 3.20. The van der Waals surface area contributed by atoms with Crippen LogP contribution in [0.25, 0.3) is 0 Å². The first-order valence-corrected chi connectivity index (χ1v) is 19.9. The van der Waals surface area contributed by atoms with Crippen LogP contribution in [0, 0.1) is 11.8 Å². The third kappa shape index (κ3) is 14.2. The van der Waals surface area contributed by atoms with E-state index in [0.29, 0.717) is 12.1 Å². The maximum Gasteiger partial charge on any atom is 0.491 e. The molecular formula is C40H47F9N6O11. The number of hydrogen-bond acceptors (Lipinski definition) is 15. The Morgan fingerprint density at radius 2 is 0.955 bits per heavy atom. The maximum atomic E-state index is 14.5. The van der Waals surface area contributed by atoms with Crippen molar-refractivity contribution in [3.63, 3.8) is 0 Å². The van der Waals surface area contributed by atoms with Crippen molar-refractivity contribution in [2.24, 2.45) is 23.3 Å². The normalized spacial score (nSPS) is 13.7. The van der Waals surface area contributed by atoms with Crippen molar-refractivity contribution in [2.75, 3.05) is 63.1 Å². The number of halogens is 9. The second-order valence-electron chi connectivity index (χ2n) is 15.5. The first-order chi connectivity index (χ1) is 30.5. The SMILES string of the molecule is CC(C)C[C@@H](N)C(=O)N(CCO)CCNc1ccc(NCCN(CCOC(=O)C(F)(F)F)C(=O)[C@H](N)CC(C)C)c2c1C(=O)c1c(OC(=O)C(F)(F)F)ccc(OC(=O)C(F)(F)F)c1C2=O. The highest BCUT2D eigenvalue weighted by atomic mass is 19.4. The number of benzene rings is 2. The molecule has 366 valence electrons. The summed E-state index contributed by atoms with van der Waals surface area (Å²) in [6.45, 7) is 3.34. The Morgan fingerprint density at radius 3 is 1.29 bits per heavy atom. The Kier molecular flexibility index (Phi) is 18.5. The molecule has 0 spiro atoms. The van der Waals surface area contributed by atoms with Crippen LogP contribution in [-0.4, -0.2) is 139 Å². The van der Waals surface area contributed by atoms with E-state index in [2.05, 4.69) is 24.8 Å². The summed E-state index contributed by atoms with van der Waals surface area (Å²) >= 11 is 0. The molecule has 0 heterocycles. The Morgan fingerprint density at radius 1 is 0.591 bits per heavy atom. The molecule has 2 atom stereocenters. The molecule has 66 heavy (non-hydrogen) atoms. The van der Waals surface area contributed by atoms with E-state index in [1.807, 2.05) is 13.8 Å². The first kappa shape index (κ1) is 54.3. The van der Waals surface area contributed by atoms with Crippen LogP contribution in [-0.2, 0) is 28.7 Å². The lowest BCUT2D eigenvalue weighted by atomic mass is 9.81. The molecule has 0 radical (unpaired) electrons. The number of anilines is 2. The minimum atomic E-state index is -5.71. The summed E-state index contributed by atoms with van der Waals surface area (Å²) in [6.07, 6.45) is -16.4. The van der Waals surface area contributed by atoms with Gasteiger partial charge in [0.2, 0.25) is 23.4 Å². The smallest absolute Gasteiger partial charge is 0.457 e. The number of nitrogens with two attached hydrogens (primary N) is 2. The van der Waals surface area contributed by atoms with E-state index in [1.165, 1.54) is 4.90 Å². The lowest BCUT2D eigenvalue weighted by molar-refractivity contribution is -0.200. The van der Waals surface area contributed by atoms with Gasteiger partial charge in [-0.15, -0.1) is 0 Å². The third-order valence-electron chi connectivity index (χ3n) is 9.41. The fraction of sp³-hybridized carbons (Fsp3) is 0.525. The second kappa shape index (κ2) is 22.4. The van der Waals surface area contributed by atoms with Gasteiger partial charge in [0, 0.05) is 44.1 Å². The predicted molar refractivity (Wildman–Crippen MR) is 212 cm³/mol. The number of esters is 3. The molecule has 0 saturated carbocycles. The number of carbonyl (C=O) groups is 7. The van der Waals surface area contributed by atoms with E-state index in [0.717, 1.165) is 17.0 Å². The van der Waals surface area contributed by atoms with Crippen molar-refractivity contribution in [3.05, 3.63) is 46.5 Å². The molecule has 1 aliphatic rings. The summed E-state index contributed by atoms with van der Waals surface area (Å²) in [6, 6.07) is 0.837. The summed E-state index contributed by atoms with van der Waals surface area (Å²) in [5, 5.41) is 15.1. The summed E-state index contributed by atoms with van der Waals surface area (Å²) in [5.41, 5.74) is 7.51. The van der Waals surface area contributed by atoms with E-state index >= 15 is 0 Å². The van der Waals surface area contributed by atoms with Crippen molar-refractivity contribution < 1.29 is 92.4 Å². The standard InChI is InChI=1S/C40H47F9N6O11/c1-19(2)17-21(50)33(59)54(13-15-56)11-9-52-23-5-6-24(53-10-12-55(34(60)22(51)18-20(3)4)14-16-64-35(61)38(41,42)43)28-27(23)31(57)29-25(65-36(62)39(44,45)46)7-8-26(30(29)32(28)58)66-37(63)40(47,48)49/h5-8,19-22,52-53,56H,9-18,50-51H2,1-4H3/t21-,22-/m1/s1. The van der Waals surface area contributed by atoms with Gasteiger partial charge in [-0.2, -0.15) is 39.5 Å². The molecule has 2 aromatic rings. The maximum absolute atomic E-state index is 14.5. The largest absolute Gasteiger partial charge is 0.491 e. The zero-order valence-electron chi connectivity index (χ0n) is 35.7. The van der Waals surface area contributed by atoms with Crippen LogP contribution >= 0.6 is 0 Å². The monoisotopic (exact) mass is 958 g/mol. The van der Waals surface area contributed by atoms with Crippen LogP contribution in [0.3, 0.4) is 0 Å². The Labute approximate surface area is 370 Å². The van der Waals surface area contributed by atoms with Gasteiger partial charge in [-0.3, -0.25) is 19.2 Å². The fourth-order valence-corrected chi connectivity index (χ4v) is 6.57. The summed E-state index contributed by atoms with van der Waals surface area (Å²) in [4.78, 5) is 92.9. The average molecular weight is 959 g/mol. The Hall–Kier alpha value is -6.02. The van der Waals surface area contributed by atoms with Gasteiger partial charge in [0.15, 0.2) is 0 Å². The number of hydrogen-bond donors (Lipinski definition) is 5. The number of fused-ring (bicyclic) bond motifs is 2. The number of nitrogens with zero attached hydrogens (tertiary/aromatic N) is 2. The summed E-state index contributed by atoms with van der Waals surface area (Å²) in [5.74, 6) is -15.5. The van der Waals surface area contributed by atoms with Crippen molar-refractivity contribution in [2.45, 2.75) is 71.1 Å². The van der Waals surface area contributed by atoms with Crippen LogP contribution in [0.15, 0.2) is 24.3 Å². The molecule has 0 aliphatic heterocycles. The van der Waals surface area contributed by atoms with E-state index in [1.54, 1.807) is 13.8 Å². The molecule has 7 N–H and O–H groups in total. The van der Waals surface area contributed by atoms with Crippen LogP contribution in [0.5, 0.6) is 11.5 Å². The number of ether oxygens (including phenoxy) is 3. The van der Waals surface area contributed by atoms with E-state index in [-0.39, 0.29) is 55.7 Å². The lowest BCUT2D eigenvalue weighted by Gasteiger charge is -2.29. The molecule has 2 amide bonds. The van der Waals surface area contributed by atoms with E-state index in [4.69, 9.17) is 11.5 Å². The zero-order chi connectivity index (χ0) is 50.1. The lowest BCUT2D eigenvalue weighted by Crippen LogP contribution is -2.47. The molecule has 1 aliphatic carbocycles. The second-order valence-corrected chi connectivity index (χ2v) is 15.5. The van der Waals surface area contributed by atoms with Crippen molar-refractivity contribution >= 4 is 52.7 Å². The fourth-order valence-electron chi connectivity index (χ4n) is 6.57. The van der Waals surface area contributed by atoms with Gasteiger partial charge >= 0.3 is 36.4 Å². The zero-order valence-corrected chi connectivity index (χ0v) is 35.7. The highest BCUT2D eigenvalue weighted by molar-refractivity contribution is 6.33. The third-order valence-corrected chi connectivity index (χ3v) is 9.41. The molecule has 0 aromatic heterocycles. The molecule has 0 unspecified atom stereocenters. The highest BCUT2D eigenvalue weighted by Gasteiger charge is 2.47. The molecule has 0 fully saturated rings. The topological polar surface area (TPSA) is 250 Å². The van der Waals surface area contributed by atoms with Crippen LogP contribution in [0.4, 0.5) is 50.9 Å². The van der Waals surface area contributed by atoms with Gasteiger partial charge in [-0.25, -0.2) is 14.4 Å². The van der Waals surface area contributed by atoms with Gasteiger partial charge in [-0.1, -0.05) is 27.7 Å². The number of rotatable bonds is 21. The number of aliphatic hydroxyl groups excluding tert-OH is 1. The van der Waals surface area contributed by atoms with Crippen molar-refractivity contribution in [1.82, 2.24) is 9.80 Å². The Balaban J connectivity index is 2.19. The van der Waals surface area contributed by atoms with Gasteiger partial charge in [0.1, 0.15) is 18.1 Å². The molecule has 0 bridgehead atoms. The number of alkyl halides is 9. The van der Waals surface area contributed by atoms with Gasteiger partial charge in [-0.05, 0) is 48.9 Å². The van der Waals surface area contributed by atoms with Crippen molar-refractivity contribution in [1.29, 1.82) is 0 Å². The predicted octanol–water partition coefficient (Wildman–Crippen LogP) is 3.72. The first-order valence-electron chi connectivity index (χ1n) is 19.9. The quantitative estimate of drug-likeness (QED) is 0.0580. The molecular weight excluding hydrogens is 911 g/mol. The number of ketones is 2. The van der Waals surface area contributed by atoms with Crippen molar-refractivity contribution in [3.8, 4) is 11.5 Å². The number of nitrogens with one attached hydrogen (secondary N) is 2. The molecule has 2 aromatic carbocycles. The highest BCUT2D eigenvalue weighted by Crippen LogP contribution is 2.44. The van der Waals surface area contributed by atoms with Gasteiger partial charge < -0.3 is 51.2 Å². The van der Waals surface area contributed by atoms with Gasteiger partial charge in [0.25, 0.3) is 0 Å².